The van der Waals surface area contributed by atoms with Gasteiger partial charge in [-0.3, -0.25) is 4.98 Å². The topological polar surface area (TPSA) is 45.9 Å². The Morgan fingerprint density at radius 2 is 1.88 bits per heavy atom. The van der Waals surface area contributed by atoms with Gasteiger partial charge in [0.05, 0.1) is 11.3 Å². The molecule has 0 saturated carbocycles. The lowest BCUT2D eigenvalue weighted by Crippen LogP contribution is -1.97. The summed E-state index contributed by atoms with van der Waals surface area (Å²) in [6.45, 7) is 0.467. The SMILES string of the molecule is N#C/C(=C\c1cc(Br)ccc1OCc1ccccc1)c1ccccn1. The summed E-state index contributed by atoms with van der Waals surface area (Å²) in [5, 5.41) is 9.50. The van der Waals surface area contributed by atoms with Crippen LogP contribution in [-0.4, -0.2) is 4.98 Å². The van der Waals surface area contributed by atoms with Crippen molar-refractivity contribution in [3.63, 3.8) is 0 Å². The lowest BCUT2D eigenvalue weighted by atomic mass is 10.1. The minimum absolute atomic E-state index is 0.467. The van der Waals surface area contributed by atoms with Crippen LogP contribution in [0.25, 0.3) is 11.6 Å². The third-order valence-electron chi connectivity index (χ3n) is 3.57. The first-order chi connectivity index (χ1) is 12.3. The molecule has 0 spiro atoms. The minimum atomic E-state index is 0.467. The monoisotopic (exact) mass is 390 g/mol. The zero-order chi connectivity index (χ0) is 17.5. The van der Waals surface area contributed by atoms with Crippen molar-refractivity contribution < 1.29 is 4.74 Å². The summed E-state index contributed by atoms with van der Waals surface area (Å²) < 4.78 is 6.88. The van der Waals surface area contributed by atoms with Gasteiger partial charge in [0.25, 0.3) is 0 Å². The van der Waals surface area contributed by atoms with E-state index in [9.17, 15) is 5.26 Å². The molecule has 0 aliphatic heterocycles. The summed E-state index contributed by atoms with van der Waals surface area (Å²) in [7, 11) is 0. The lowest BCUT2D eigenvalue weighted by Gasteiger charge is -2.10. The van der Waals surface area contributed by atoms with E-state index in [1.165, 1.54) is 0 Å². The van der Waals surface area contributed by atoms with E-state index in [0.717, 1.165) is 21.3 Å². The number of nitrogens with zero attached hydrogens (tertiary/aromatic N) is 2. The molecule has 4 heteroatoms. The second-order valence-corrected chi connectivity index (χ2v) is 6.26. The smallest absolute Gasteiger partial charge is 0.127 e. The van der Waals surface area contributed by atoms with Crippen LogP contribution in [0.5, 0.6) is 5.75 Å². The molecule has 0 N–H and O–H groups in total. The molecular formula is C21H15BrN2O. The van der Waals surface area contributed by atoms with Crippen molar-refractivity contribution in [1.82, 2.24) is 4.98 Å². The van der Waals surface area contributed by atoms with Crippen molar-refractivity contribution in [3.8, 4) is 11.8 Å². The second-order valence-electron chi connectivity index (χ2n) is 5.34. The maximum absolute atomic E-state index is 9.50. The molecule has 0 unspecified atom stereocenters. The van der Waals surface area contributed by atoms with E-state index in [1.54, 1.807) is 12.3 Å². The van der Waals surface area contributed by atoms with Crippen molar-refractivity contribution in [2.45, 2.75) is 6.61 Å². The Labute approximate surface area is 155 Å². The number of hydrogen-bond donors (Lipinski definition) is 0. The molecule has 25 heavy (non-hydrogen) atoms. The Kier molecular flexibility index (Phi) is 5.61. The number of nitriles is 1. The fourth-order valence-electron chi connectivity index (χ4n) is 2.34. The van der Waals surface area contributed by atoms with E-state index in [1.807, 2.05) is 66.7 Å². The van der Waals surface area contributed by atoms with Crippen molar-refractivity contribution in [3.05, 3.63) is 94.2 Å². The van der Waals surface area contributed by atoms with Gasteiger partial charge in [0.2, 0.25) is 0 Å². The summed E-state index contributed by atoms with van der Waals surface area (Å²) >= 11 is 3.48. The number of aromatic nitrogens is 1. The van der Waals surface area contributed by atoms with E-state index in [4.69, 9.17) is 4.74 Å². The number of hydrogen-bond acceptors (Lipinski definition) is 3. The summed E-state index contributed by atoms with van der Waals surface area (Å²) in [4.78, 5) is 4.25. The normalized spacial score (nSPS) is 11.0. The third-order valence-corrected chi connectivity index (χ3v) is 4.06. The van der Waals surface area contributed by atoms with Crippen LogP contribution < -0.4 is 4.74 Å². The first-order valence-corrected chi connectivity index (χ1v) is 8.55. The van der Waals surface area contributed by atoms with E-state index in [-0.39, 0.29) is 0 Å². The summed E-state index contributed by atoms with van der Waals surface area (Å²) in [6.07, 6.45) is 3.47. The van der Waals surface area contributed by atoms with Gasteiger partial charge in [-0.25, -0.2) is 0 Å². The molecule has 0 radical (unpaired) electrons. The zero-order valence-electron chi connectivity index (χ0n) is 13.4. The van der Waals surface area contributed by atoms with Crippen LogP contribution in [0.15, 0.2) is 77.4 Å². The highest BCUT2D eigenvalue weighted by Crippen LogP contribution is 2.28. The number of rotatable bonds is 5. The predicted octanol–water partition coefficient (Wildman–Crippen LogP) is 5.49. The number of ether oxygens (including phenoxy) is 1. The molecule has 2 aromatic carbocycles. The highest BCUT2D eigenvalue weighted by Gasteiger charge is 2.07. The number of benzene rings is 2. The molecule has 122 valence electrons. The molecule has 3 nitrogen and oxygen atoms in total. The maximum Gasteiger partial charge on any atom is 0.127 e. The first-order valence-electron chi connectivity index (χ1n) is 7.76. The molecule has 0 aliphatic rings. The van der Waals surface area contributed by atoms with Gasteiger partial charge in [0.1, 0.15) is 18.4 Å². The van der Waals surface area contributed by atoms with Gasteiger partial charge >= 0.3 is 0 Å². The van der Waals surface area contributed by atoms with Gasteiger partial charge in [-0.1, -0.05) is 52.3 Å². The van der Waals surface area contributed by atoms with Crippen molar-refractivity contribution in [1.29, 1.82) is 5.26 Å². The van der Waals surface area contributed by atoms with Crippen molar-refractivity contribution >= 4 is 27.6 Å². The molecule has 0 amide bonds. The van der Waals surface area contributed by atoms with E-state index < -0.39 is 0 Å². The highest BCUT2D eigenvalue weighted by atomic mass is 79.9. The van der Waals surface area contributed by atoms with Gasteiger partial charge in [-0.2, -0.15) is 5.26 Å². The van der Waals surface area contributed by atoms with Crippen LogP contribution >= 0.6 is 15.9 Å². The largest absolute Gasteiger partial charge is 0.488 e. The zero-order valence-corrected chi connectivity index (χ0v) is 15.0. The molecule has 3 rings (SSSR count). The molecule has 3 aromatic rings. The van der Waals surface area contributed by atoms with Crippen LogP contribution in [-0.2, 0) is 6.61 Å². The van der Waals surface area contributed by atoms with E-state index >= 15 is 0 Å². The Hall–Kier alpha value is -2.90. The molecule has 1 heterocycles. The first kappa shape index (κ1) is 16.9. The second kappa shape index (κ2) is 8.27. The number of allylic oxidation sites excluding steroid dienone is 1. The maximum atomic E-state index is 9.50. The standard InChI is InChI=1S/C21H15BrN2O/c22-19-9-10-21(25-15-16-6-2-1-3-7-16)17(13-19)12-18(14-23)20-8-4-5-11-24-20/h1-13H,15H2/b18-12+. The quantitative estimate of drug-likeness (QED) is 0.541. The Balaban J connectivity index is 1.91. The molecule has 0 saturated heterocycles. The van der Waals surface area contributed by atoms with Gasteiger partial charge in [-0.05, 0) is 42.0 Å². The third kappa shape index (κ3) is 4.56. The number of pyridine rings is 1. The highest BCUT2D eigenvalue weighted by molar-refractivity contribution is 9.10. The van der Waals surface area contributed by atoms with Crippen molar-refractivity contribution in [2.24, 2.45) is 0 Å². The summed E-state index contributed by atoms with van der Waals surface area (Å²) in [5.74, 6) is 0.718. The average molecular weight is 391 g/mol. The van der Waals surface area contributed by atoms with Crippen LogP contribution in [0, 0.1) is 11.3 Å². The Bertz CT molecular complexity index is 916. The van der Waals surface area contributed by atoms with E-state index in [2.05, 4.69) is 27.0 Å². The van der Waals surface area contributed by atoms with Gasteiger partial charge in [0.15, 0.2) is 0 Å². The Morgan fingerprint density at radius 1 is 1.08 bits per heavy atom. The summed E-state index contributed by atoms with van der Waals surface area (Å²) in [6, 6.07) is 23.4. The lowest BCUT2D eigenvalue weighted by molar-refractivity contribution is 0.305. The Morgan fingerprint density at radius 3 is 2.60 bits per heavy atom. The fourth-order valence-corrected chi connectivity index (χ4v) is 2.72. The average Bonchev–Trinajstić information content (AvgIpc) is 2.67. The van der Waals surface area contributed by atoms with Crippen LogP contribution in [0.1, 0.15) is 16.8 Å². The van der Waals surface area contributed by atoms with E-state index in [0.29, 0.717) is 17.9 Å². The fraction of sp³-hybridized carbons (Fsp3) is 0.0476. The molecule has 0 bridgehead atoms. The summed E-state index contributed by atoms with van der Waals surface area (Å²) in [5.41, 5.74) is 3.04. The minimum Gasteiger partial charge on any atom is -0.488 e. The van der Waals surface area contributed by atoms with Crippen LogP contribution in [0.2, 0.25) is 0 Å². The molecule has 0 fully saturated rings. The van der Waals surface area contributed by atoms with Gasteiger partial charge in [-0.15, -0.1) is 0 Å². The molecular weight excluding hydrogens is 376 g/mol. The van der Waals surface area contributed by atoms with Crippen molar-refractivity contribution in [2.75, 3.05) is 0 Å². The van der Waals surface area contributed by atoms with Crippen LogP contribution in [0.3, 0.4) is 0 Å². The van der Waals surface area contributed by atoms with Gasteiger partial charge < -0.3 is 4.74 Å². The number of halogens is 1. The predicted molar refractivity (Wildman–Crippen MR) is 103 cm³/mol. The van der Waals surface area contributed by atoms with Gasteiger partial charge in [0, 0.05) is 16.2 Å². The molecule has 0 aliphatic carbocycles. The molecule has 1 aromatic heterocycles. The molecule has 0 atom stereocenters. The van der Waals surface area contributed by atoms with Crippen LogP contribution in [0.4, 0.5) is 0 Å².